The van der Waals surface area contributed by atoms with E-state index in [2.05, 4.69) is 0 Å². The molecule has 0 aliphatic rings. The first-order valence-corrected chi connectivity index (χ1v) is 9.01. The van der Waals surface area contributed by atoms with E-state index in [-0.39, 0.29) is 29.9 Å². The normalized spacial score (nSPS) is 10.3. The predicted octanol–water partition coefficient (Wildman–Crippen LogP) is 3.69. The molecule has 0 radical (unpaired) electrons. The van der Waals surface area contributed by atoms with Crippen LogP contribution >= 0.6 is 0 Å². The second-order valence-electron chi connectivity index (χ2n) is 6.22. The van der Waals surface area contributed by atoms with Gasteiger partial charge in [-0.15, -0.1) is 0 Å². The van der Waals surface area contributed by atoms with Gasteiger partial charge in [0.05, 0.1) is 18.0 Å². The van der Waals surface area contributed by atoms with Gasteiger partial charge in [0.2, 0.25) is 5.78 Å². The summed E-state index contributed by atoms with van der Waals surface area (Å²) >= 11 is 0. The average molecular weight is 399 g/mol. The Morgan fingerprint density at radius 3 is 2.24 bits per heavy atom. The lowest BCUT2D eigenvalue weighted by Crippen LogP contribution is -2.15. The van der Waals surface area contributed by atoms with Gasteiger partial charge in [-0.25, -0.2) is 0 Å². The summed E-state index contributed by atoms with van der Waals surface area (Å²) in [6.45, 7) is 3.40. The van der Waals surface area contributed by atoms with Gasteiger partial charge < -0.3 is 9.47 Å². The molecule has 0 N–H and O–H groups in total. The van der Waals surface area contributed by atoms with Crippen LogP contribution in [0.4, 0.5) is 5.69 Å². The van der Waals surface area contributed by atoms with E-state index < -0.39 is 23.3 Å². The van der Waals surface area contributed by atoms with Crippen LogP contribution < -0.4 is 4.74 Å². The highest BCUT2D eigenvalue weighted by Crippen LogP contribution is 2.19. The molecular formula is C21H21NO7. The third kappa shape index (κ3) is 6.24. The highest BCUT2D eigenvalue weighted by Gasteiger charge is 2.17. The molecule has 0 heterocycles. The van der Waals surface area contributed by atoms with Gasteiger partial charge in [-0.2, -0.15) is 0 Å². The number of carbonyl (C=O) groups is 3. The van der Waals surface area contributed by atoms with Crippen molar-refractivity contribution in [2.24, 2.45) is 0 Å². The molecule has 29 heavy (non-hydrogen) atoms. The van der Waals surface area contributed by atoms with Crippen LogP contribution in [0.25, 0.3) is 0 Å². The second kappa shape index (κ2) is 10.1. The minimum atomic E-state index is -0.695. The number of aryl methyl sites for hydroxylation is 1. The zero-order valence-electron chi connectivity index (χ0n) is 16.2. The minimum Gasteiger partial charge on any atom is -0.494 e. The lowest BCUT2D eigenvalue weighted by atomic mass is 10.1. The number of rotatable bonds is 10. The smallest absolute Gasteiger partial charge is 0.306 e. The summed E-state index contributed by atoms with van der Waals surface area (Å²) in [5, 5.41) is 10.9. The number of carbonyl (C=O) groups excluding carboxylic acids is 3. The van der Waals surface area contributed by atoms with Gasteiger partial charge in [0.15, 0.2) is 12.4 Å². The van der Waals surface area contributed by atoms with Crippen LogP contribution in [-0.4, -0.2) is 35.7 Å². The van der Waals surface area contributed by atoms with Gasteiger partial charge in [-0.05, 0) is 38.1 Å². The molecular weight excluding hydrogens is 378 g/mol. The zero-order valence-corrected chi connectivity index (χ0v) is 16.2. The molecule has 0 unspecified atom stereocenters. The van der Waals surface area contributed by atoms with Crippen LogP contribution in [0.5, 0.6) is 5.75 Å². The van der Waals surface area contributed by atoms with Crippen molar-refractivity contribution < 1.29 is 28.8 Å². The topological polar surface area (TPSA) is 113 Å². The van der Waals surface area contributed by atoms with Gasteiger partial charge in [0, 0.05) is 29.2 Å². The van der Waals surface area contributed by atoms with E-state index in [9.17, 15) is 24.5 Å². The fourth-order valence-electron chi connectivity index (χ4n) is 2.54. The lowest BCUT2D eigenvalue weighted by molar-refractivity contribution is -0.385. The Kier molecular flexibility index (Phi) is 7.59. The van der Waals surface area contributed by atoms with Crippen molar-refractivity contribution in [3.8, 4) is 5.75 Å². The van der Waals surface area contributed by atoms with E-state index in [0.29, 0.717) is 23.5 Å². The summed E-state index contributed by atoms with van der Waals surface area (Å²) in [5.74, 6) is -0.831. The molecule has 8 heteroatoms. The van der Waals surface area contributed by atoms with Gasteiger partial charge in [-0.3, -0.25) is 24.5 Å². The number of hydrogen-bond donors (Lipinski definition) is 0. The van der Waals surface area contributed by atoms with Gasteiger partial charge in [0.25, 0.3) is 5.69 Å². The predicted molar refractivity (Wildman–Crippen MR) is 104 cm³/mol. The van der Waals surface area contributed by atoms with Crippen molar-refractivity contribution in [3.05, 3.63) is 69.3 Å². The Bertz CT molecular complexity index is 919. The van der Waals surface area contributed by atoms with E-state index in [1.807, 2.05) is 6.92 Å². The number of ether oxygens (including phenoxy) is 2. The highest BCUT2D eigenvalue weighted by atomic mass is 16.6. The van der Waals surface area contributed by atoms with Crippen molar-refractivity contribution in [1.82, 2.24) is 0 Å². The summed E-state index contributed by atoms with van der Waals surface area (Å²) in [4.78, 5) is 46.4. The third-order valence-electron chi connectivity index (χ3n) is 4.14. The van der Waals surface area contributed by atoms with E-state index in [0.717, 1.165) is 6.07 Å². The Hall–Kier alpha value is -3.55. The number of benzene rings is 2. The SMILES string of the molecule is CCOc1ccc(C(=O)CCC(=O)OCC(=O)c2ccc(C)c([N+](=O)[O-])c2)cc1. The molecule has 2 aromatic carbocycles. The van der Waals surface area contributed by atoms with Crippen molar-refractivity contribution >= 4 is 23.2 Å². The van der Waals surface area contributed by atoms with Gasteiger partial charge in [0.1, 0.15) is 5.75 Å². The molecule has 152 valence electrons. The first kappa shape index (κ1) is 21.7. The molecule has 2 rings (SSSR count). The second-order valence-corrected chi connectivity index (χ2v) is 6.22. The minimum absolute atomic E-state index is 0.0585. The van der Waals surface area contributed by atoms with E-state index in [1.54, 1.807) is 31.2 Å². The Morgan fingerprint density at radius 2 is 1.62 bits per heavy atom. The molecule has 8 nitrogen and oxygen atoms in total. The maximum absolute atomic E-state index is 12.1. The Morgan fingerprint density at radius 1 is 0.966 bits per heavy atom. The summed E-state index contributed by atoms with van der Waals surface area (Å²) < 4.78 is 10.2. The maximum atomic E-state index is 12.1. The molecule has 0 aliphatic carbocycles. The van der Waals surface area contributed by atoms with Crippen LogP contribution in [0.1, 0.15) is 46.0 Å². The molecule has 0 aliphatic heterocycles. The number of esters is 1. The molecule has 0 aromatic heterocycles. The summed E-state index contributed by atoms with van der Waals surface area (Å²) in [5.41, 5.74) is 0.782. The molecule has 2 aromatic rings. The first-order chi connectivity index (χ1) is 13.8. The summed E-state index contributed by atoms with van der Waals surface area (Å²) in [6.07, 6.45) is -0.232. The molecule has 0 atom stereocenters. The number of Topliss-reactive ketones (excluding diaryl/α,β-unsaturated/α-hetero) is 2. The molecule has 0 amide bonds. The molecule has 0 saturated carbocycles. The number of nitrogens with zero attached hydrogens (tertiary/aromatic N) is 1. The van der Waals surface area contributed by atoms with Gasteiger partial charge >= 0.3 is 5.97 Å². The van der Waals surface area contributed by atoms with Crippen LogP contribution in [0.15, 0.2) is 42.5 Å². The molecule has 0 fully saturated rings. The van der Waals surface area contributed by atoms with Crippen LogP contribution in [-0.2, 0) is 9.53 Å². The van der Waals surface area contributed by atoms with Crippen molar-refractivity contribution in [2.45, 2.75) is 26.7 Å². The largest absolute Gasteiger partial charge is 0.494 e. The molecule has 0 saturated heterocycles. The number of nitro benzene ring substituents is 1. The van der Waals surface area contributed by atoms with E-state index in [1.165, 1.54) is 12.1 Å². The monoisotopic (exact) mass is 399 g/mol. The maximum Gasteiger partial charge on any atom is 0.306 e. The first-order valence-electron chi connectivity index (χ1n) is 9.01. The van der Waals surface area contributed by atoms with Crippen molar-refractivity contribution in [3.63, 3.8) is 0 Å². The van der Waals surface area contributed by atoms with Crippen LogP contribution in [0.3, 0.4) is 0 Å². The number of nitro groups is 1. The zero-order chi connectivity index (χ0) is 21.4. The number of ketones is 2. The molecule has 0 bridgehead atoms. The van der Waals surface area contributed by atoms with Crippen LogP contribution in [0, 0.1) is 17.0 Å². The summed E-state index contributed by atoms with van der Waals surface area (Å²) in [7, 11) is 0. The van der Waals surface area contributed by atoms with Crippen LogP contribution in [0.2, 0.25) is 0 Å². The molecule has 0 spiro atoms. The lowest BCUT2D eigenvalue weighted by Gasteiger charge is -2.06. The fraction of sp³-hybridized carbons (Fsp3) is 0.286. The van der Waals surface area contributed by atoms with E-state index in [4.69, 9.17) is 9.47 Å². The van der Waals surface area contributed by atoms with E-state index >= 15 is 0 Å². The third-order valence-corrected chi connectivity index (χ3v) is 4.14. The highest BCUT2D eigenvalue weighted by molar-refractivity contribution is 5.99. The van der Waals surface area contributed by atoms with Gasteiger partial charge in [-0.1, -0.05) is 12.1 Å². The Balaban J connectivity index is 1.83. The Labute approximate surface area is 167 Å². The van der Waals surface area contributed by atoms with Crippen molar-refractivity contribution in [2.75, 3.05) is 13.2 Å². The number of hydrogen-bond acceptors (Lipinski definition) is 7. The quantitative estimate of drug-likeness (QED) is 0.259. The average Bonchev–Trinajstić information content (AvgIpc) is 2.71. The standard InChI is InChI=1S/C21H21NO7/c1-3-28-17-8-6-15(7-9-17)19(23)10-11-21(25)29-13-20(24)16-5-4-14(2)18(12-16)22(26)27/h4-9,12H,3,10-11,13H2,1-2H3. The fourth-order valence-corrected chi connectivity index (χ4v) is 2.54. The summed E-state index contributed by atoms with van der Waals surface area (Å²) in [6, 6.07) is 10.6. The van der Waals surface area contributed by atoms with Crippen molar-refractivity contribution in [1.29, 1.82) is 0 Å².